The van der Waals surface area contributed by atoms with Gasteiger partial charge in [-0.05, 0) is 24.7 Å². The lowest BCUT2D eigenvalue weighted by Gasteiger charge is -2.26. The van der Waals surface area contributed by atoms with E-state index < -0.39 is 0 Å². The highest BCUT2D eigenvalue weighted by Crippen LogP contribution is 2.23. The molecule has 0 unspecified atom stereocenters. The van der Waals surface area contributed by atoms with Gasteiger partial charge in [-0.1, -0.05) is 41.9 Å². The molecule has 0 spiro atoms. The van der Waals surface area contributed by atoms with Gasteiger partial charge in [-0.15, -0.1) is 0 Å². The third-order valence-corrected chi connectivity index (χ3v) is 3.27. The van der Waals surface area contributed by atoms with Crippen LogP contribution in [0.1, 0.15) is 19.4 Å². The van der Waals surface area contributed by atoms with Crippen molar-refractivity contribution in [3.8, 4) is 0 Å². The van der Waals surface area contributed by atoms with Crippen molar-refractivity contribution < 1.29 is 0 Å². The van der Waals surface area contributed by atoms with Gasteiger partial charge < -0.3 is 10.6 Å². The molecule has 0 fully saturated rings. The molecule has 90 valence electrons. The van der Waals surface area contributed by atoms with Crippen LogP contribution in [0.4, 0.5) is 0 Å². The largest absolute Gasteiger partial charge is 0.318 e. The van der Waals surface area contributed by atoms with Crippen LogP contribution in [-0.4, -0.2) is 26.7 Å². The van der Waals surface area contributed by atoms with Crippen molar-refractivity contribution in [2.24, 2.45) is 0 Å². The summed E-state index contributed by atoms with van der Waals surface area (Å²) in [4.78, 5) is 0. The second kappa shape index (κ2) is 6.38. The molecule has 3 heteroatoms. The Labute approximate surface area is 107 Å². The summed E-state index contributed by atoms with van der Waals surface area (Å²) < 4.78 is 1.13. The third-order valence-electron chi connectivity index (χ3n) is 2.74. The molecule has 2 nitrogen and oxygen atoms in total. The van der Waals surface area contributed by atoms with Gasteiger partial charge in [-0.2, -0.15) is 0 Å². The topological polar surface area (TPSA) is 24.1 Å². The van der Waals surface area contributed by atoms with Crippen LogP contribution < -0.4 is 10.6 Å². The number of nitrogens with one attached hydrogen (secondary N) is 2. The predicted molar refractivity (Wildman–Crippen MR) is 74.0 cm³/mol. The maximum atomic E-state index is 3.47. The Kier molecular flexibility index (Phi) is 5.46. The van der Waals surface area contributed by atoms with Gasteiger partial charge in [-0.25, -0.2) is 0 Å². The standard InChI is InChI=1S/C13H21BrN2/c1-13(2,10-16-9-8-15-3)11-4-6-12(14)7-5-11/h4-7,15-16H,8-10H2,1-3H3. The second-order valence-corrected chi connectivity index (χ2v) is 5.59. The average molecular weight is 285 g/mol. The molecule has 1 aromatic rings. The van der Waals surface area contributed by atoms with Crippen LogP contribution in [-0.2, 0) is 5.41 Å². The molecule has 1 rings (SSSR count). The van der Waals surface area contributed by atoms with E-state index in [1.165, 1.54) is 5.56 Å². The summed E-state index contributed by atoms with van der Waals surface area (Å²) in [6.45, 7) is 7.55. The van der Waals surface area contributed by atoms with Crippen molar-refractivity contribution in [2.75, 3.05) is 26.7 Å². The molecule has 0 heterocycles. The molecule has 0 saturated heterocycles. The molecule has 0 bridgehead atoms. The van der Waals surface area contributed by atoms with Gasteiger partial charge in [0, 0.05) is 29.5 Å². The van der Waals surface area contributed by atoms with Crippen LogP contribution in [0.25, 0.3) is 0 Å². The minimum Gasteiger partial charge on any atom is -0.318 e. The highest BCUT2D eigenvalue weighted by Gasteiger charge is 2.19. The van der Waals surface area contributed by atoms with Gasteiger partial charge in [0.1, 0.15) is 0 Å². The first-order valence-corrected chi connectivity index (χ1v) is 6.47. The van der Waals surface area contributed by atoms with Gasteiger partial charge >= 0.3 is 0 Å². The Hall–Kier alpha value is -0.380. The van der Waals surface area contributed by atoms with E-state index in [9.17, 15) is 0 Å². The van der Waals surface area contributed by atoms with Crippen molar-refractivity contribution in [3.63, 3.8) is 0 Å². The highest BCUT2D eigenvalue weighted by atomic mass is 79.9. The van der Waals surface area contributed by atoms with Crippen molar-refractivity contribution in [2.45, 2.75) is 19.3 Å². The normalized spacial score (nSPS) is 11.8. The zero-order valence-corrected chi connectivity index (χ0v) is 11.9. The fourth-order valence-electron chi connectivity index (χ4n) is 1.62. The number of halogens is 1. The van der Waals surface area contributed by atoms with Crippen LogP contribution >= 0.6 is 15.9 Å². The van der Waals surface area contributed by atoms with Gasteiger partial charge in [0.2, 0.25) is 0 Å². The summed E-state index contributed by atoms with van der Waals surface area (Å²) in [6.07, 6.45) is 0. The van der Waals surface area contributed by atoms with E-state index in [4.69, 9.17) is 0 Å². The lowest BCUT2D eigenvalue weighted by Crippen LogP contribution is -2.36. The number of hydrogen-bond donors (Lipinski definition) is 2. The van der Waals surface area contributed by atoms with Crippen LogP contribution in [0.3, 0.4) is 0 Å². The van der Waals surface area contributed by atoms with Gasteiger partial charge in [-0.3, -0.25) is 0 Å². The molecule has 1 aromatic carbocycles. The van der Waals surface area contributed by atoms with E-state index in [-0.39, 0.29) is 5.41 Å². The van der Waals surface area contributed by atoms with Crippen LogP contribution in [0.2, 0.25) is 0 Å². The molecular weight excluding hydrogens is 264 g/mol. The van der Waals surface area contributed by atoms with Crippen molar-refractivity contribution in [3.05, 3.63) is 34.3 Å². The van der Waals surface area contributed by atoms with E-state index in [1.807, 2.05) is 7.05 Å². The van der Waals surface area contributed by atoms with E-state index >= 15 is 0 Å². The summed E-state index contributed by atoms with van der Waals surface area (Å²) >= 11 is 3.46. The molecule has 16 heavy (non-hydrogen) atoms. The molecule has 0 aromatic heterocycles. The Bertz CT molecular complexity index is 306. The monoisotopic (exact) mass is 284 g/mol. The van der Waals surface area contributed by atoms with Crippen molar-refractivity contribution in [1.82, 2.24) is 10.6 Å². The first-order valence-electron chi connectivity index (χ1n) is 5.67. The molecule has 0 saturated carbocycles. The summed E-state index contributed by atoms with van der Waals surface area (Å²) in [5.74, 6) is 0. The number of benzene rings is 1. The minimum atomic E-state index is 0.175. The average Bonchev–Trinajstić information content (AvgIpc) is 2.25. The Morgan fingerprint density at radius 3 is 2.31 bits per heavy atom. The van der Waals surface area contributed by atoms with Gasteiger partial charge in [0.05, 0.1) is 0 Å². The lowest BCUT2D eigenvalue weighted by molar-refractivity contribution is 0.468. The predicted octanol–water partition coefficient (Wildman–Crippen LogP) is 2.54. The maximum Gasteiger partial charge on any atom is 0.0175 e. The molecule has 0 radical (unpaired) electrons. The Balaban J connectivity index is 2.52. The molecule has 0 atom stereocenters. The quantitative estimate of drug-likeness (QED) is 0.785. The first-order chi connectivity index (χ1) is 7.56. The van der Waals surface area contributed by atoms with E-state index in [2.05, 4.69) is 64.7 Å². The van der Waals surface area contributed by atoms with Crippen molar-refractivity contribution in [1.29, 1.82) is 0 Å². The fourth-order valence-corrected chi connectivity index (χ4v) is 1.88. The Morgan fingerprint density at radius 1 is 1.12 bits per heavy atom. The van der Waals surface area contributed by atoms with Crippen molar-refractivity contribution >= 4 is 15.9 Å². The first kappa shape index (κ1) is 13.7. The minimum absolute atomic E-state index is 0.175. The molecule has 2 N–H and O–H groups in total. The third kappa shape index (κ3) is 4.24. The second-order valence-electron chi connectivity index (χ2n) is 4.67. The molecule has 0 aliphatic heterocycles. The maximum absolute atomic E-state index is 3.47. The number of hydrogen-bond acceptors (Lipinski definition) is 2. The molecule has 0 amide bonds. The lowest BCUT2D eigenvalue weighted by atomic mass is 9.85. The zero-order chi connectivity index (χ0) is 12.0. The Morgan fingerprint density at radius 2 is 1.75 bits per heavy atom. The number of rotatable bonds is 6. The van der Waals surface area contributed by atoms with E-state index in [1.54, 1.807) is 0 Å². The SMILES string of the molecule is CNCCNCC(C)(C)c1ccc(Br)cc1. The van der Waals surface area contributed by atoms with Gasteiger partial charge in [0.25, 0.3) is 0 Å². The zero-order valence-electron chi connectivity index (χ0n) is 10.3. The fraction of sp³-hybridized carbons (Fsp3) is 0.538. The summed E-state index contributed by atoms with van der Waals surface area (Å²) in [7, 11) is 1.97. The van der Waals surface area contributed by atoms with E-state index in [0.717, 1.165) is 24.1 Å². The molecular formula is C13H21BrN2. The number of likely N-dealkylation sites (N-methyl/N-ethyl adjacent to an activating group) is 1. The van der Waals surface area contributed by atoms with Crippen LogP contribution in [0.5, 0.6) is 0 Å². The summed E-state index contributed by atoms with van der Waals surface area (Å²) in [5.41, 5.74) is 1.54. The summed E-state index contributed by atoms with van der Waals surface area (Å²) in [5, 5.41) is 6.60. The highest BCUT2D eigenvalue weighted by molar-refractivity contribution is 9.10. The summed E-state index contributed by atoms with van der Waals surface area (Å²) in [6, 6.07) is 8.57. The smallest absolute Gasteiger partial charge is 0.0175 e. The van der Waals surface area contributed by atoms with Gasteiger partial charge in [0.15, 0.2) is 0 Å². The van der Waals surface area contributed by atoms with Crippen LogP contribution in [0.15, 0.2) is 28.7 Å². The molecule has 0 aliphatic carbocycles. The molecule has 0 aliphatic rings. The van der Waals surface area contributed by atoms with E-state index in [0.29, 0.717) is 0 Å². The van der Waals surface area contributed by atoms with Crippen LogP contribution in [0, 0.1) is 0 Å².